The number of fused-ring (bicyclic) bond motifs is 2. The van der Waals surface area contributed by atoms with Crippen LogP contribution in [0.2, 0.25) is 0 Å². The maximum absolute atomic E-state index is 12.5. The number of carboxylic acid groups (broad SMARTS) is 1. The minimum Gasteiger partial charge on any atom is -0.481 e. The molecule has 0 unspecified atom stereocenters. The van der Waals surface area contributed by atoms with Gasteiger partial charge in [-0.1, -0.05) is 30.3 Å². The summed E-state index contributed by atoms with van der Waals surface area (Å²) in [5.41, 5.74) is 8.89. The van der Waals surface area contributed by atoms with Crippen LogP contribution in [-0.2, 0) is 17.8 Å². The highest BCUT2D eigenvalue weighted by Gasteiger charge is 2.40. The zero-order valence-corrected chi connectivity index (χ0v) is 29.3. The van der Waals surface area contributed by atoms with Crippen LogP contribution in [0.4, 0.5) is 5.69 Å². The second-order valence-electron chi connectivity index (χ2n) is 14.1. The lowest BCUT2D eigenvalue weighted by Gasteiger charge is -2.24. The van der Waals surface area contributed by atoms with Gasteiger partial charge in [-0.15, -0.1) is 0 Å². The van der Waals surface area contributed by atoms with Gasteiger partial charge in [0, 0.05) is 48.9 Å². The topological polar surface area (TPSA) is 168 Å². The lowest BCUT2D eigenvalue weighted by Crippen LogP contribution is -2.26. The highest BCUT2D eigenvalue weighted by molar-refractivity contribution is 5.89. The summed E-state index contributed by atoms with van der Waals surface area (Å²) in [6, 6.07) is 13.7. The minimum atomic E-state index is -0.804. The second-order valence-corrected chi connectivity index (χ2v) is 14.1. The third-order valence-corrected chi connectivity index (χ3v) is 11.1. The quantitative estimate of drug-likeness (QED) is 0.134. The highest BCUT2D eigenvalue weighted by Crippen LogP contribution is 2.47. The number of nitro groups is 1. The molecule has 52 heavy (non-hydrogen) atoms. The molecular formula is C39H40N6O7. The van der Waals surface area contributed by atoms with E-state index in [1.54, 1.807) is 13.3 Å². The third-order valence-electron chi connectivity index (χ3n) is 11.1. The van der Waals surface area contributed by atoms with Crippen LogP contribution in [0.3, 0.4) is 0 Å². The average molecular weight is 705 g/mol. The Morgan fingerprint density at radius 3 is 2.42 bits per heavy atom. The van der Waals surface area contributed by atoms with E-state index < -0.39 is 11.9 Å². The van der Waals surface area contributed by atoms with E-state index in [4.69, 9.17) is 24.1 Å². The van der Waals surface area contributed by atoms with Crippen molar-refractivity contribution in [3.8, 4) is 39.7 Å². The lowest BCUT2D eigenvalue weighted by atomic mass is 9.90. The molecule has 3 aliphatic rings. The number of ether oxygens (including phenoxy) is 1. The predicted octanol–water partition coefficient (Wildman–Crippen LogP) is 6.11. The Bertz CT molecular complexity index is 2230. The Kier molecular flexibility index (Phi) is 8.72. The Morgan fingerprint density at radius 1 is 1.02 bits per heavy atom. The SMILES string of the molecule is COc1nc(-c2cccc(-c3cccc(-c4nc5cc6c(c([N+](=O)[O-])c5o4)CC[C@H]6N4CC[C@@H](C(=O)O)C4)c3C)c2C)cnc1CN1CC[C@@H](O)C1. The van der Waals surface area contributed by atoms with Crippen LogP contribution in [0.5, 0.6) is 5.88 Å². The van der Waals surface area contributed by atoms with Gasteiger partial charge in [0.2, 0.25) is 17.4 Å². The van der Waals surface area contributed by atoms with Crippen LogP contribution in [0.15, 0.2) is 53.1 Å². The van der Waals surface area contributed by atoms with Gasteiger partial charge in [0.25, 0.3) is 0 Å². The van der Waals surface area contributed by atoms with Gasteiger partial charge in [-0.2, -0.15) is 0 Å². The summed E-state index contributed by atoms with van der Waals surface area (Å²) in [6.45, 7) is 7.05. The van der Waals surface area contributed by atoms with Gasteiger partial charge >= 0.3 is 11.7 Å². The number of aliphatic carboxylic acids is 1. The summed E-state index contributed by atoms with van der Waals surface area (Å²) in [4.78, 5) is 42.5. The van der Waals surface area contributed by atoms with Crippen LogP contribution >= 0.6 is 0 Å². The Hall–Kier alpha value is -5.24. The highest BCUT2D eigenvalue weighted by atomic mass is 16.6. The van der Waals surface area contributed by atoms with E-state index in [1.807, 2.05) is 50.2 Å². The fourth-order valence-corrected chi connectivity index (χ4v) is 8.39. The average Bonchev–Trinajstić information content (AvgIpc) is 3.94. The molecule has 0 radical (unpaired) electrons. The van der Waals surface area contributed by atoms with E-state index in [0.29, 0.717) is 74.0 Å². The number of nitro benzene ring substituents is 1. The van der Waals surface area contributed by atoms with E-state index >= 15 is 0 Å². The first-order valence-electron chi connectivity index (χ1n) is 17.7. The van der Waals surface area contributed by atoms with Gasteiger partial charge in [0.05, 0.1) is 35.9 Å². The van der Waals surface area contributed by atoms with Gasteiger partial charge in [-0.25, -0.2) is 9.97 Å². The number of aromatic nitrogens is 3. The molecule has 13 nitrogen and oxygen atoms in total. The molecule has 0 saturated carbocycles. The van der Waals surface area contributed by atoms with Gasteiger partial charge in [-0.3, -0.25) is 29.7 Å². The molecule has 2 fully saturated rings. The van der Waals surface area contributed by atoms with Crippen molar-refractivity contribution in [3.05, 3.63) is 86.7 Å². The zero-order valence-electron chi connectivity index (χ0n) is 29.3. The molecule has 0 bridgehead atoms. The number of likely N-dealkylation sites (tertiary alicyclic amines) is 2. The van der Waals surface area contributed by atoms with Crippen LogP contribution in [0, 0.1) is 29.9 Å². The van der Waals surface area contributed by atoms with Gasteiger partial charge in [-0.05, 0) is 86.0 Å². The van der Waals surface area contributed by atoms with Crippen molar-refractivity contribution in [2.75, 3.05) is 33.3 Å². The summed E-state index contributed by atoms with van der Waals surface area (Å²) in [5, 5.41) is 32.0. The molecule has 8 rings (SSSR count). The number of oxazole rings is 1. The largest absolute Gasteiger partial charge is 0.481 e. The molecule has 268 valence electrons. The maximum Gasteiger partial charge on any atom is 0.317 e. The molecule has 4 heterocycles. The monoisotopic (exact) mass is 704 g/mol. The van der Waals surface area contributed by atoms with E-state index in [1.165, 1.54) is 0 Å². The van der Waals surface area contributed by atoms with Gasteiger partial charge in [0.15, 0.2) is 0 Å². The second kappa shape index (κ2) is 13.4. The molecule has 0 amide bonds. The van der Waals surface area contributed by atoms with Crippen molar-refractivity contribution in [3.63, 3.8) is 0 Å². The van der Waals surface area contributed by atoms with Crippen molar-refractivity contribution >= 4 is 22.8 Å². The van der Waals surface area contributed by atoms with Crippen LogP contribution in [0.25, 0.3) is 44.9 Å². The molecule has 2 aromatic heterocycles. The fourth-order valence-electron chi connectivity index (χ4n) is 8.39. The molecule has 1 aliphatic carbocycles. The van der Waals surface area contributed by atoms with Gasteiger partial charge < -0.3 is 19.4 Å². The van der Waals surface area contributed by atoms with Crippen LogP contribution in [0.1, 0.15) is 53.3 Å². The Labute approximate surface area is 300 Å². The number of aliphatic hydroxyl groups excluding tert-OH is 1. The molecule has 3 atom stereocenters. The molecule has 3 aromatic carbocycles. The number of benzene rings is 3. The Morgan fingerprint density at radius 2 is 1.75 bits per heavy atom. The maximum atomic E-state index is 12.5. The van der Waals surface area contributed by atoms with E-state index in [0.717, 1.165) is 57.6 Å². The van der Waals surface area contributed by atoms with Crippen molar-refractivity contribution < 1.29 is 29.1 Å². The number of carboxylic acids is 1. The number of β-amino-alcohol motifs (C(OH)–C–C–N with tert-alkyl or cyclic N) is 1. The summed E-state index contributed by atoms with van der Waals surface area (Å²) in [7, 11) is 1.59. The van der Waals surface area contributed by atoms with Crippen molar-refractivity contribution in [1.29, 1.82) is 0 Å². The standard InChI is InChI=1S/C39H40N6O7/c1-21-25(6-4-8-27(21)32-17-40-33(38(42-32)51-3)20-43-14-13-24(46)19-43)26-7-5-9-28(22(26)2)37-41-31-16-30-29(35(45(49)50)36(31)52-37)10-11-34(30)44-15-12-23(18-44)39(47)48/h4-9,16-17,23-24,34,46H,10-15,18-20H2,1-3H3,(H,47,48)/t23-,24-,34-/m1/s1. The normalized spacial score (nSPS) is 20.5. The lowest BCUT2D eigenvalue weighted by molar-refractivity contribution is -0.384. The number of carbonyl (C=O) groups is 1. The van der Waals surface area contributed by atoms with E-state index in [2.05, 4.69) is 15.9 Å². The minimum absolute atomic E-state index is 0.0549. The predicted molar refractivity (Wildman–Crippen MR) is 193 cm³/mol. The number of rotatable bonds is 9. The van der Waals surface area contributed by atoms with Gasteiger partial charge in [0.1, 0.15) is 11.2 Å². The number of hydrogen-bond donors (Lipinski definition) is 2. The fraction of sp³-hybridized carbons (Fsp3) is 0.385. The summed E-state index contributed by atoms with van der Waals surface area (Å²) in [6.07, 6.45) is 3.95. The first-order valence-corrected chi connectivity index (χ1v) is 17.7. The van der Waals surface area contributed by atoms with E-state index in [9.17, 15) is 25.1 Å². The smallest absolute Gasteiger partial charge is 0.317 e. The Balaban J connectivity index is 1.13. The molecule has 5 aromatic rings. The number of aliphatic hydroxyl groups is 1. The van der Waals surface area contributed by atoms with Crippen molar-refractivity contribution in [2.24, 2.45) is 5.92 Å². The molecule has 13 heteroatoms. The molecule has 2 saturated heterocycles. The summed E-state index contributed by atoms with van der Waals surface area (Å²) >= 11 is 0. The first kappa shape index (κ1) is 33.9. The zero-order chi connectivity index (χ0) is 36.3. The number of methoxy groups -OCH3 is 1. The molecule has 2 N–H and O–H groups in total. The van der Waals surface area contributed by atoms with Crippen LogP contribution < -0.4 is 4.74 Å². The first-order chi connectivity index (χ1) is 25.1. The molecular weight excluding hydrogens is 664 g/mol. The van der Waals surface area contributed by atoms with Crippen LogP contribution in [-0.4, -0.2) is 85.3 Å². The molecule has 0 spiro atoms. The van der Waals surface area contributed by atoms with E-state index in [-0.39, 0.29) is 28.3 Å². The molecule has 2 aliphatic heterocycles. The van der Waals surface area contributed by atoms with Crippen molar-refractivity contribution in [1.82, 2.24) is 24.8 Å². The summed E-state index contributed by atoms with van der Waals surface area (Å²) < 4.78 is 11.9. The van der Waals surface area contributed by atoms with Crippen molar-refractivity contribution in [2.45, 2.75) is 58.2 Å². The number of hydrogen-bond acceptors (Lipinski definition) is 11. The number of nitrogens with zero attached hydrogens (tertiary/aromatic N) is 6. The summed E-state index contributed by atoms with van der Waals surface area (Å²) in [5.74, 6) is -0.482. The third kappa shape index (κ3) is 5.88.